The molecular weight excluding hydrogens is 675 g/mol. The number of aromatic nitrogens is 1. The van der Waals surface area contributed by atoms with Crippen LogP contribution in [0.25, 0.3) is 22.4 Å². The molecule has 2 aliphatic heterocycles. The minimum atomic E-state index is -1.89. The van der Waals surface area contributed by atoms with Gasteiger partial charge in [0.25, 0.3) is 5.91 Å². The Kier molecular flexibility index (Phi) is 11.2. The second-order valence-corrected chi connectivity index (χ2v) is 13.3. The maximum absolute atomic E-state index is 14.3. The Hall–Kier alpha value is -4.92. The molecule has 3 heterocycles. The van der Waals surface area contributed by atoms with Crippen molar-refractivity contribution in [2.24, 2.45) is 0 Å². The van der Waals surface area contributed by atoms with Crippen LogP contribution < -0.4 is 5.32 Å². The van der Waals surface area contributed by atoms with Crippen molar-refractivity contribution >= 4 is 23.5 Å². The molecule has 13 heteroatoms. The summed E-state index contributed by atoms with van der Waals surface area (Å²) in [7, 11) is 0. The number of hydrogen-bond acceptors (Lipinski definition) is 9. The van der Waals surface area contributed by atoms with Gasteiger partial charge in [-0.2, -0.15) is 0 Å². The summed E-state index contributed by atoms with van der Waals surface area (Å²) in [6, 6.07) is 24.6. The smallest absolute Gasteiger partial charge is 0.335 e. The highest BCUT2D eigenvalue weighted by molar-refractivity contribution is 6.12. The van der Waals surface area contributed by atoms with E-state index in [1.165, 1.54) is 12.1 Å². The van der Waals surface area contributed by atoms with Crippen LogP contribution in [-0.4, -0.2) is 85.8 Å². The zero-order valence-corrected chi connectivity index (χ0v) is 28.6. The zero-order valence-electron chi connectivity index (χ0n) is 28.6. The Balaban J connectivity index is 1.36. The fraction of sp³-hybridized carbons (Fsp3) is 0.359. The number of halogens is 1. The molecule has 1 aromatic heterocycles. The number of esters is 1. The zero-order chi connectivity index (χ0) is 37.1. The second kappa shape index (κ2) is 15.8. The molecule has 1 unspecified atom stereocenters. The maximum atomic E-state index is 14.3. The Bertz CT molecular complexity index is 1880. The fourth-order valence-corrected chi connectivity index (χ4v) is 6.96. The normalized spacial score (nSPS) is 24.8. The van der Waals surface area contributed by atoms with E-state index in [9.17, 15) is 39.2 Å². The quantitative estimate of drug-likeness (QED) is 0.137. The molecule has 0 saturated carbocycles. The van der Waals surface area contributed by atoms with Gasteiger partial charge in [-0.05, 0) is 53.4 Å². The molecule has 0 spiro atoms. The van der Waals surface area contributed by atoms with Crippen LogP contribution >= 0.6 is 0 Å². The standard InChI is InChI=1S/C39H41FN2O10/c1-21(2)31-30(37(47)41-25-11-7-4-8-12-25)29(22-9-5-3-6-10-22)32(23-13-15-24(40)16-14-23)42(31)18-17-26-19-27(20-28(43)50-26)51-39-35(46)33(44)34(45)36(52-39)38(48)49/h3-16,21,26-27,33-36,39,44-46H,17-20H2,1-2H3,(H,41,47)(H,48,49)/t26-,27-,33+,34+,35-,36+,39?/m1/s1. The first-order valence-corrected chi connectivity index (χ1v) is 17.1. The number of cyclic esters (lactones) is 1. The van der Waals surface area contributed by atoms with Crippen LogP contribution in [0.4, 0.5) is 10.1 Å². The molecule has 0 aliphatic carbocycles. The summed E-state index contributed by atoms with van der Waals surface area (Å²) in [5.41, 5.74) is 4.55. The van der Waals surface area contributed by atoms with Crippen molar-refractivity contribution in [3.8, 4) is 22.4 Å². The molecule has 1 amide bonds. The van der Waals surface area contributed by atoms with Crippen LogP contribution in [0.1, 0.15) is 55.1 Å². The van der Waals surface area contributed by atoms with Crippen LogP contribution in [0.15, 0.2) is 84.9 Å². The molecule has 4 aromatic rings. The third kappa shape index (κ3) is 7.78. The predicted molar refractivity (Wildman–Crippen MR) is 187 cm³/mol. The Morgan fingerprint density at radius 1 is 0.923 bits per heavy atom. The minimum absolute atomic E-state index is 0.145. The molecule has 6 rings (SSSR count). The van der Waals surface area contributed by atoms with E-state index in [1.807, 2.05) is 66.9 Å². The number of aliphatic hydroxyl groups excluding tert-OH is 3. The first kappa shape index (κ1) is 36.9. The predicted octanol–water partition coefficient (Wildman–Crippen LogP) is 4.71. The topological polar surface area (TPSA) is 177 Å². The van der Waals surface area contributed by atoms with Gasteiger partial charge in [0.05, 0.1) is 23.8 Å². The number of aliphatic hydroxyl groups is 3. The molecule has 7 atom stereocenters. The number of anilines is 1. The summed E-state index contributed by atoms with van der Waals surface area (Å²) < 4.78 is 33.1. The number of carboxylic acids is 1. The first-order chi connectivity index (χ1) is 24.9. The highest BCUT2D eigenvalue weighted by atomic mass is 19.1. The van der Waals surface area contributed by atoms with E-state index in [4.69, 9.17) is 14.2 Å². The molecule has 0 radical (unpaired) electrons. The summed E-state index contributed by atoms with van der Waals surface area (Å²) in [5.74, 6) is -3.06. The number of para-hydroxylation sites is 1. The first-order valence-electron chi connectivity index (χ1n) is 17.1. The van der Waals surface area contributed by atoms with Gasteiger partial charge in [-0.3, -0.25) is 9.59 Å². The van der Waals surface area contributed by atoms with Crippen molar-refractivity contribution in [3.63, 3.8) is 0 Å². The maximum Gasteiger partial charge on any atom is 0.335 e. The summed E-state index contributed by atoms with van der Waals surface area (Å²) in [6.07, 6.45) is -10.4. The molecular formula is C39H41FN2O10. The lowest BCUT2D eigenvalue weighted by molar-refractivity contribution is -0.307. The molecule has 2 saturated heterocycles. The lowest BCUT2D eigenvalue weighted by Gasteiger charge is -2.40. The Labute approximate surface area is 299 Å². The van der Waals surface area contributed by atoms with Gasteiger partial charge < -0.3 is 44.5 Å². The molecule has 12 nitrogen and oxygen atoms in total. The average molecular weight is 717 g/mol. The van der Waals surface area contributed by atoms with Crippen molar-refractivity contribution in [1.82, 2.24) is 4.57 Å². The average Bonchev–Trinajstić information content (AvgIpc) is 3.47. The number of ether oxygens (including phenoxy) is 3. The van der Waals surface area contributed by atoms with Crippen LogP contribution in [-0.2, 0) is 30.3 Å². The van der Waals surface area contributed by atoms with Crippen molar-refractivity contribution in [2.45, 2.75) is 88.5 Å². The number of benzene rings is 3. The van der Waals surface area contributed by atoms with E-state index in [0.29, 0.717) is 33.8 Å². The van der Waals surface area contributed by atoms with Gasteiger partial charge in [0.2, 0.25) is 0 Å². The summed E-state index contributed by atoms with van der Waals surface area (Å²) in [4.78, 5) is 38.7. The van der Waals surface area contributed by atoms with E-state index in [0.717, 1.165) is 5.56 Å². The van der Waals surface area contributed by atoms with Crippen LogP contribution in [0.5, 0.6) is 0 Å². The second-order valence-electron chi connectivity index (χ2n) is 13.3. The van der Waals surface area contributed by atoms with Crippen LogP contribution in [0.2, 0.25) is 0 Å². The number of nitrogens with zero attached hydrogens (tertiary/aromatic N) is 1. The molecule has 2 aliphatic rings. The monoisotopic (exact) mass is 716 g/mol. The molecule has 2 fully saturated rings. The van der Waals surface area contributed by atoms with E-state index in [1.54, 1.807) is 24.3 Å². The number of nitrogens with one attached hydrogen (secondary N) is 1. The molecule has 5 N–H and O–H groups in total. The molecule has 274 valence electrons. The van der Waals surface area contributed by atoms with Gasteiger partial charge in [0, 0.05) is 36.3 Å². The number of carbonyl (C=O) groups excluding carboxylic acids is 2. The number of aliphatic carboxylic acids is 1. The summed E-state index contributed by atoms with van der Waals surface area (Å²) in [5, 5.41) is 43.3. The summed E-state index contributed by atoms with van der Waals surface area (Å²) in [6.45, 7) is 4.21. The van der Waals surface area contributed by atoms with Gasteiger partial charge in [0.15, 0.2) is 12.4 Å². The Morgan fingerprint density at radius 2 is 1.58 bits per heavy atom. The number of carbonyl (C=O) groups is 3. The van der Waals surface area contributed by atoms with E-state index >= 15 is 0 Å². The molecule has 0 bridgehead atoms. The minimum Gasteiger partial charge on any atom is -0.479 e. The third-order valence-electron chi connectivity index (χ3n) is 9.32. The lowest BCUT2D eigenvalue weighted by atomic mass is 9.94. The van der Waals surface area contributed by atoms with Gasteiger partial charge in [-0.25, -0.2) is 9.18 Å². The van der Waals surface area contributed by atoms with Crippen molar-refractivity contribution in [2.75, 3.05) is 5.32 Å². The number of rotatable bonds is 11. The summed E-state index contributed by atoms with van der Waals surface area (Å²) >= 11 is 0. The van der Waals surface area contributed by atoms with Crippen molar-refractivity contribution in [3.05, 3.63) is 102 Å². The highest BCUT2D eigenvalue weighted by Crippen LogP contribution is 2.43. The van der Waals surface area contributed by atoms with E-state index < -0.39 is 60.7 Å². The van der Waals surface area contributed by atoms with Gasteiger partial charge in [0.1, 0.15) is 30.2 Å². The number of hydrogen-bond donors (Lipinski definition) is 5. The van der Waals surface area contributed by atoms with E-state index in [2.05, 4.69) is 5.32 Å². The highest BCUT2D eigenvalue weighted by Gasteiger charge is 2.48. The van der Waals surface area contributed by atoms with E-state index in [-0.39, 0.29) is 37.6 Å². The number of amides is 1. The van der Waals surface area contributed by atoms with Crippen LogP contribution in [0.3, 0.4) is 0 Å². The SMILES string of the molecule is CC(C)c1c(C(=O)Nc2ccccc2)c(-c2ccccc2)c(-c2ccc(F)cc2)n1CC[C@@H]1C[C@@H](OC2O[C@H](C(=O)O)[C@@H](O)[C@H](O)[C@H]2O)CC(=O)O1. The fourth-order valence-electron chi connectivity index (χ4n) is 6.96. The lowest BCUT2D eigenvalue weighted by Crippen LogP contribution is -2.61. The van der Waals surface area contributed by atoms with Gasteiger partial charge >= 0.3 is 11.9 Å². The van der Waals surface area contributed by atoms with Crippen LogP contribution in [0, 0.1) is 5.82 Å². The largest absolute Gasteiger partial charge is 0.479 e. The number of carboxylic acid groups (broad SMARTS) is 1. The van der Waals surface area contributed by atoms with Crippen molar-refractivity contribution < 1.29 is 53.4 Å². The Morgan fingerprint density at radius 3 is 2.21 bits per heavy atom. The van der Waals surface area contributed by atoms with Crippen molar-refractivity contribution in [1.29, 1.82) is 0 Å². The molecule has 3 aromatic carbocycles. The van der Waals surface area contributed by atoms with Gasteiger partial charge in [-0.15, -0.1) is 0 Å². The molecule has 52 heavy (non-hydrogen) atoms. The van der Waals surface area contributed by atoms with Gasteiger partial charge in [-0.1, -0.05) is 62.4 Å². The third-order valence-corrected chi connectivity index (χ3v) is 9.32.